The SMILES string of the molecule is Cc1cc(N(c2ccc(C(C)(C)C)cc2)c2ccc(C(C)(C)C)cc2)c(Cl)c(N(c2ccc(C(C)(C)C)cc2)c2ccc(C(C)(C)C)cc2)c1.Cc1cc2c3c(c1)N(c1ccc(C(C)(C)C)cc1)c1ccc(C(C)(C)C)cc1B3c1cc(C(C)(C)C)ccc1N2c1ccc(C(C)(C)C)cc1. The van der Waals surface area contributed by atoms with E-state index in [-0.39, 0.29) is 50.0 Å². The third-order valence-electron chi connectivity index (χ3n) is 20.6. The number of anilines is 12. The van der Waals surface area contributed by atoms with Crippen molar-refractivity contribution in [3.63, 3.8) is 0 Å². The van der Waals surface area contributed by atoms with Crippen molar-refractivity contribution in [3.05, 3.63) is 267 Å². The Labute approximate surface area is 609 Å². The van der Waals surface area contributed by atoms with Crippen LogP contribution in [0.4, 0.5) is 68.2 Å². The van der Waals surface area contributed by atoms with Gasteiger partial charge in [0.2, 0.25) is 0 Å². The first-order valence-corrected chi connectivity index (χ1v) is 36.8. The Balaban J connectivity index is 0.000000202. The lowest BCUT2D eigenvalue weighted by Crippen LogP contribution is -2.61. The molecule has 0 aromatic heterocycles. The average molecular weight is 1340 g/mol. The smallest absolute Gasteiger partial charge is 0.252 e. The molecule has 100 heavy (non-hydrogen) atoms. The summed E-state index contributed by atoms with van der Waals surface area (Å²) in [6.07, 6.45) is 0. The molecule has 0 radical (unpaired) electrons. The molecule has 518 valence electrons. The van der Waals surface area contributed by atoms with Crippen molar-refractivity contribution in [2.45, 2.75) is 223 Å². The van der Waals surface area contributed by atoms with Gasteiger partial charge in [0.15, 0.2) is 0 Å². The first-order chi connectivity index (χ1) is 46.4. The highest BCUT2D eigenvalue weighted by atomic mass is 35.5. The monoisotopic (exact) mass is 1340 g/mol. The zero-order chi connectivity index (χ0) is 72.9. The molecule has 0 fully saturated rings. The fourth-order valence-corrected chi connectivity index (χ4v) is 14.5. The molecular formula is C94H112BClN4. The minimum Gasteiger partial charge on any atom is -0.311 e. The Morgan fingerprint density at radius 2 is 0.480 bits per heavy atom. The van der Waals surface area contributed by atoms with Gasteiger partial charge in [0.1, 0.15) is 0 Å². The number of rotatable bonds is 8. The van der Waals surface area contributed by atoms with Gasteiger partial charge < -0.3 is 19.6 Å². The Morgan fingerprint density at radius 1 is 0.260 bits per heavy atom. The largest absolute Gasteiger partial charge is 0.311 e. The minimum atomic E-state index is 0.0240. The van der Waals surface area contributed by atoms with Crippen LogP contribution in [0, 0.1) is 13.8 Å². The molecule has 0 saturated carbocycles. The van der Waals surface area contributed by atoms with E-state index in [0.717, 1.165) is 39.7 Å². The Bertz CT molecular complexity index is 4190. The van der Waals surface area contributed by atoms with Crippen molar-refractivity contribution in [3.8, 4) is 0 Å². The zero-order valence-electron chi connectivity index (χ0n) is 65.4. The molecule has 2 aliphatic rings. The summed E-state index contributed by atoms with van der Waals surface area (Å²) in [5.74, 6) is 0. The summed E-state index contributed by atoms with van der Waals surface area (Å²) in [5, 5.41) is 0.690. The van der Waals surface area contributed by atoms with Crippen LogP contribution in [-0.4, -0.2) is 6.71 Å². The van der Waals surface area contributed by atoms with Crippen molar-refractivity contribution in [2.75, 3.05) is 19.6 Å². The summed E-state index contributed by atoms with van der Waals surface area (Å²) in [4.78, 5) is 9.69. The molecule has 4 nitrogen and oxygen atoms in total. The molecule has 2 aliphatic heterocycles. The molecule has 0 unspecified atom stereocenters. The second-order valence-corrected chi connectivity index (χ2v) is 37.3. The van der Waals surface area contributed by atoms with Crippen LogP contribution in [0.2, 0.25) is 5.02 Å². The van der Waals surface area contributed by atoms with Crippen LogP contribution in [-0.2, 0) is 43.3 Å². The second-order valence-electron chi connectivity index (χ2n) is 36.9. The van der Waals surface area contributed by atoms with Crippen LogP contribution in [0.3, 0.4) is 0 Å². The van der Waals surface area contributed by atoms with Crippen LogP contribution < -0.4 is 36.0 Å². The molecule has 0 N–H and O–H groups in total. The van der Waals surface area contributed by atoms with E-state index >= 15 is 0 Å². The van der Waals surface area contributed by atoms with E-state index in [2.05, 4.69) is 406 Å². The van der Waals surface area contributed by atoms with Crippen LogP contribution in [0.5, 0.6) is 0 Å². The van der Waals surface area contributed by atoms with Gasteiger partial charge in [-0.2, -0.15) is 0 Å². The molecule has 0 spiro atoms. The highest BCUT2D eigenvalue weighted by Gasteiger charge is 2.45. The summed E-state index contributed by atoms with van der Waals surface area (Å²) < 4.78 is 0. The number of benzene rings is 10. The quantitative estimate of drug-likeness (QED) is 0.141. The molecule has 0 amide bonds. The molecule has 10 aromatic carbocycles. The number of hydrogen-bond acceptors (Lipinski definition) is 4. The van der Waals surface area contributed by atoms with Gasteiger partial charge in [-0.05, 0) is 238 Å². The van der Waals surface area contributed by atoms with E-state index in [9.17, 15) is 0 Å². The highest BCUT2D eigenvalue weighted by molar-refractivity contribution is 7.00. The Kier molecular flexibility index (Phi) is 19.2. The molecular weight excluding hydrogens is 1230 g/mol. The number of fused-ring (bicyclic) bond motifs is 4. The van der Waals surface area contributed by atoms with Gasteiger partial charge >= 0.3 is 0 Å². The van der Waals surface area contributed by atoms with Gasteiger partial charge in [-0.15, -0.1) is 0 Å². The fourth-order valence-electron chi connectivity index (χ4n) is 14.2. The standard InChI is InChI=1S/C47H55BN2.C47H57ClN2/c1-30-26-41-43-42(27-30)50(36-22-16-32(17-23-36)45(5,6)7)40-25-19-34(47(11,12)13)29-38(40)48(43)37-28-33(46(8,9)10)18-24-39(37)49(41)35-20-14-31(15-21-35)44(2,3)4;1-32-30-41(49(37-22-14-33(15-23-37)44(2,3)4)38-24-16-34(17-25-38)45(5,6)7)43(48)42(31-32)50(39-26-18-35(19-27-39)46(8,9)10)40-28-20-36(21-29-40)47(11,12)13/h14-29H,1-13H3;14-31H,1-13H3. The van der Waals surface area contributed by atoms with E-state index < -0.39 is 0 Å². The molecule has 12 rings (SSSR count). The minimum absolute atomic E-state index is 0.0240. The second kappa shape index (κ2) is 26.3. The topological polar surface area (TPSA) is 13.0 Å². The van der Waals surface area contributed by atoms with E-state index in [1.165, 1.54) is 101 Å². The maximum absolute atomic E-state index is 7.70. The van der Waals surface area contributed by atoms with E-state index in [4.69, 9.17) is 11.6 Å². The van der Waals surface area contributed by atoms with Crippen molar-refractivity contribution >= 4 is 103 Å². The highest BCUT2D eigenvalue weighted by Crippen LogP contribution is 2.50. The van der Waals surface area contributed by atoms with Crippen molar-refractivity contribution < 1.29 is 0 Å². The van der Waals surface area contributed by atoms with E-state index in [1.54, 1.807) is 0 Å². The zero-order valence-corrected chi connectivity index (χ0v) is 66.1. The molecule has 0 aliphatic carbocycles. The Hall–Kier alpha value is -8.25. The van der Waals surface area contributed by atoms with E-state index in [1.807, 2.05) is 0 Å². The van der Waals surface area contributed by atoms with Gasteiger partial charge in [-0.25, -0.2) is 0 Å². The lowest BCUT2D eigenvalue weighted by molar-refractivity contribution is 0.590. The summed E-state index contributed by atoms with van der Waals surface area (Å²) in [6.45, 7) is 59.3. The van der Waals surface area contributed by atoms with Crippen LogP contribution in [0.1, 0.15) is 222 Å². The molecule has 10 aromatic rings. The van der Waals surface area contributed by atoms with Crippen LogP contribution >= 0.6 is 11.6 Å². The first-order valence-electron chi connectivity index (χ1n) is 36.5. The molecule has 2 heterocycles. The third kappa shape index (κ3) is 14.9. The number of nitrogens with zero attached hydrogens (tertiary/aromatic N) is 4. The number of halogens is 1. The predicted molar refractivity (Wildman–Crippen MR) is 440 cm³/mol. The summed E-state index contributed by atoms with van der Waals surface area (Å²) in [6, 6.07) is 78.2. The maximum Gasteiger partial charge on any atom is 0.252 e. The van der Waals surface area contributed by atoms with Gasteiger partial charge in [-0.3, -0.25) is 0 Å². The lowest BCUT2D eigenvalue weighted by atomic mass is 9.33. The van der Waals surface area contributed by atoms with Crippen LogP contribution in [0.15, 0.2) is 206 Å². The summed E-state index contributed by atoms with van der Waals surface area (Å²) in [7, 11) is 0. The normalized spacial score (nSPS) is 13.5. The van der Waals surface area contributed by atoms with Crippen molar-refractivity contribution in [1.29, 1.82) is 0 Å². The van der Waals surface area contributed by atoms with Crippen molar-refractivity contribution in [2.24, 2.45) is 0 Å². The van der Waals surface area contributed by atoms with Gasteiger partial charge in [0.05, 0.1) is 16.4 Å². The molecule has 0 saturated heterocycles. The average Bonchev–Trinajstić information content (AvgIpc) is 0.695. The number of hydrogen-bond donors (Lipinski definition) is 0. The van der Waals surface area contributed by atoms with Crippen LogP contribution in [0.25, 0.3) is 0 Å². The van der Waals surface area contributed by atoms with Gasteiger partial charge in [0.25, 0.3) is 6.71 Å². The van der Waals surface area contributed by atoms with Gasteiger partial charge in [0, 0.05) is 56.9 Å². The molecule has 0 bridgehead atoms. The summed E-state index contributed by atoms with van der Waals surface area (Å²) in [5.41, 5.74) is 31.2. The summed E-state index contributed by atoms with van der Waals surface area (Å²) >= 11 is 7.70. The molecule has 6 heteroatoms. The lowest BCUT2D eigenvalue weighted by Gasteiger charge is -2.45. The van der Waals surface area contributed by atoms with Crippen molar-refractivity contribution in [1.82, 2.24) is 0 Å². The third-order valence-corrected chi connectivity index (χ3v) is 20.9. The van der Waals surface area contributed by atoms with Gasteiger partial charge in [-0.1, -0.05) is 275 Å². The Morgan fingerprint density at radius 3 is 0.720 bits per heavy atom. The molecule has 0 atom stereocenters. The van der Waals surface area contributed by atoms with E-state index in [0.29, 0.717) is 5.02 Å². The first kappa shape index (κ1) is 73.0. The fraction of sp³-hybridized carbons (Fsp3) is 0.362. The maximum atomic E-state index is 7.70. The number of aryl methyl sites for hydroxylation is 2. The predicted octanol–water partition coefficient (Wildman–Crippen LogP) is 26.0.